The van der Waals surface area contributed by atoms with Gasteiger partial charge in [0.25, 0.3) is 0 Å². The van der Waals surface area contributed by atoms with Crippen molar-refractivity contribution in [2.45, 2.75) is 38.7 Å². The number of amides is 1. The summed E-state index contributed by atoms with van der Waals surface area (Å²) in [4.78, 5) is 16.6. The quantitative estimate of drug-likeness (QED) is 0.266. The number of benzene rings is 2. The highest BCUT2D eigenvalue weighted by Crippen LogP contribution is 2.31. The number of carbonyl (C=O) groups excluding carboxylic acids is 1. The Labute approximate surface area is 200 Å². The zero-order valence-electron chi connectivity index (χ0n) is 17.9. The first-order chi connectivity index (χ1) is 14.6. The first-order valence-corrected chi connectivity index (χ1v) is 10.4. The predicted molar refractivity (Wildman–Crippen MR) is 133 cm³/mol. The van der Waals surface area contributed by atoms with E-state index >= 15 is 0 Å². The molecule has 2 aromatic carbocycles. The van der Waals surface area contributed by atoms with Crippen LogP contribution in [0.15, 0.2) is 53.5 Å². The van der Waals surface area contributed by atoms with Gasteiger partial charge in [-0.05, 0) is 37.1 Å². The maximum Gasteiger partial charge on any atom is 0.225 e. The molecule has 2 unspecified atom stereocenters. The summed E-state index contributed by atoms with van der Waals surface area (Å²) >= 11 is 0. The number of ether oxygens (including phenoxy) is 1. The number of nitrogens with one attached hydrogen (secondary N) is 3. The number of anilines is 1. The van der Waals surface area contributed by atoms with E-state index in [2.05, 4.69) is 20.9 Å². The minimum atomic E-state index is -0.376. The van der Waals surface area contributed by atoms with Gasteiger partial charge in [-0.15, -0.1) is 24.0 Å². The molecule has 1 aliphatic rings. The number of aliphatic imine (C=N–C) groups is 1. The molecule has 1 amide bonds. The Morgan fingerprint density at radius 3 is 2.68 bits per heavy atom. The van der Waals surface area contributed by atoms with Crippen molar-refractivity contribution in [3.63, 3.8) is 0 Å². The maximum atomic E-state index is 13.9. The monoisotopic (exact) mass is 540 g/mol. The molecule has 0 fully saturated rings. The molecule has 1 aliphatic heterocycles. The molecule has 1 heterocycles. The third-order valence-electron chi connectivity index (χ3n) is 5.01. The van der Waals surface area contributed by atoms with Crippen LogP contribution in [0.25, 0.3) is 0 Å². The van der Waals surface area contributed by atoms with E-state index < -0.39 is 0 Å². The third kappa shape index (κ3) is 7.09. The van der Waals surface area contributed by atoms with E-state index in [1.807, 2.05) is 38.1 Å². The molecule has 168 valence electrons. The lowest BCUT2D eigenvalue weighted by molar-refractivity contribution is -0.116. The van der Waals surface area contributed by atoms with Crippen molar-refractivity contribution in [3.05, 3.63) is 59.9 Å². The van der Waals surface area contributed by atoms with Crippen LogP contribution in [-0.4, -0.2) is 37.6 Å². The van der Waals surface area contributed by atoms with Gasteiger partial charge in [-0.25, -0.2) is 9.38 Å². The highest BCUT2D eigenvalue weighted by atomic mass is 127. The Kier molecular flexibility index (Phi) is 10.0. The lowest BCUT2D eigenvalue weighted by Gasteiger charge is -2.26. The van der Waals surface area contributed by atoms with Crippen molar-refractivity contribution in [1.82, 2.24) is 10.6 Å². The van der Waals surface area contributed by atoms with Crippen molar-refractivity contribution in [3.8, 4) is 5.75 Å². The number of nitrogens with zero attached hydrogens (tertiary/aromatic N) is 1. The number of halogens is 2. The van der Waals surface area contributed by atoms with Crippen molar-refractivity contribution in [2.75, 3.05) is 25.0 Å². The standard InChI is InChI=1S/C23H29FN4O2.HI/c1-3-17(30-21-12-8-6-10-19(21)24)15-27-23(25-4-2)26-14-16-13-22(29)28-20-11-7-5-9-18(16)20;/h5-12,16-17H,3-4,13-15H2,1-2H3,(H,28,29)(H2,25,26,27);1H. The van der Waals surface area contributed by atoms with E-state index in [-0.39, 0.29) is 53.5 Å². The molecule has 8 heteroatoms. The average molecular weight is 540 g/mol. The van der Waals surface area contributed by atoms with Crippen LogP contribution in [0.4, 0.5) is 10.1 Å². The topological polar surface area (TPSA) is 74.8 Å². The van der Waals surface area contributed by atoms with Gasteiger partial charge in [0.1, 0.15) is 6.10 Å². The Morgan fingerprint density at radius 1 is 1.19 bits per heavy atom. The van der Waals surface area contributed by atoms with Crippen LogP contribution in [0, 0.1) is 5.82 Å². The number of hydrogen-bond acceptors (Lipinski definition) is 3. The number of para-hydroxylation sites is 2. The smallest absolute Gasteiger partial charge is 0.225 e. The minimum absolute atomic E-state index is 0. The fourth-order valence-corrected chi connectivity index (χ4v) is 3.41. The molecule has 2 atom stereocenters. The lowest BCUT2D eigenvalue weighted by Crippen LogP contribution is -2.41. The first-order valence-electron chi connectivity index (χ1n) is 10.4. The Hall–Kier alpha value is -2.36. The molecule has 2 aromatic rings. The highest BCUT2D eigenvalue weighted by molar-refractivity contribution is 14.0. The van der Waals surface area contributed by atoms with Gasteiger partial charge < -0.3 is 20.7 Å². The van der Waals surface area contributed by atoms with Crippen LogP contribution in [-0.2, 0) is 4.79 Å². The molecule has 3 N–H and O–H groups in total. The molecule has 31 heavy (non-hydrogen) atoms. The van der Waals surface area contributed by atoms with Gasteiger partial charge in [0.15, 0.2) is 17.5 Å². The van der Waals surface area contributed by atoms with E-state index in [0.717, 1.165) is 11.3 Å². The normalized spacial score (nSPS) is 16.4. The molecule has 6 nitrogen and oxygen atoms in total. The van der Waals surface area contributed by atoms with Gasteiger partial charge in [0.2, 0.25) is 5.91 Å². The third-order valence-corrected chi connectivity index (χ3v) is 5.01. The summed E-state index contributed by atoms with van der Waals surface area (Å²) < 4.78 is 19.7. The van der Waals surface area contributed by atoms with E-state index in [4.69, 9.17) is 4.74 Å². The molecule has 0 saturated carbocycles. The number of hydrogen-bond donors (Lipinski definition) is 3. The van der Waals surface area contributed by atoms with Crippen LogP contribution in [0.3, 0.4) is 0 Å². The second kappa shape index (κ2) is 12.5. The van der Waals surface area contributed by atoms with E-state index in [1.165, 1.54) is 6.07 Å². The van der Waals surface area contributed by atoms with Crippen LogP contribution >= 0.6 is 24.0 Å². The number of fused-ring (bicyclic) bond motifs is 1. The predicted octanol–water partition coefficient (Wildman–Crippen LogP) is 4.28. The van der Waals surface area contributed by atoms with Gasteiger partial charge in [-0.2, -0.15) is 0 Å². The van der Waals surface area contributed by atoms with E-state index in [1.54, 1.807) is 18.2 Å². The Morgan fingerprint density at radius 2 is 1.94 bits per heavy atom. The summed E-state index contributed by atoms with van der Waals surface area (Å²) in [6.45, 7) is 5.66. The van der Waals surface area contributed by atoms with Gasteiger partial charge in [-0.3, -0.25) is 4.79 Å². The number of carbonyl (C=O) groups is 1. The van der Waals surface area contributed by atoms with Gasteiger partial charge in [-0.1, -0.05) is 37.3 Å². The maximum absolute atomic E-state index is 13.9. The van der Waals surface area contributed by atoms with E-state index in [9.17, 15) is 9.18 Å². The summed E-state index contributed by atoms with van der Waals surface area (Å²) in [5.74, 6) is 0.598. The molecular formula is C23H30FIN4O2. The second-order valence-corrected chi connectivity index (χ2v) is 7.22. The minimum Gasteiger partial charge on any atom is -0.485 e. The molecule has 0 aromatic heterocycles. The number of guanidine groups is 1. The van der Waals surface area contributed by atoms with Crippen molar-refractivity contribution in [2.24, 2.45) is 4.99 Å². The van der Waals surface area contributed by atoms with Crippen molar-refractivity contribution < 1.29 is 13.9 Å². The van der Waals surface area contributed by atoms with Crippen LogP contribution in [0.2, 0.25) is 0 Å². The SMILES string of the molecule is CCNC(=NCC(CC)Oc1ccccc1F)NCC1CC(=O)Nc2ccccc21.I. The van der Waals surface area contributed by atoms with Gasteiger partial charge >= 0.3 is 0 Å². The zero-order chi connectivity index (χ0) is 21.3. The molecule has 0 bridgehead atoms. The molecule has 0 spiro atoms. The van der Waals surface area contributed by atoms with Crippen molar-refractivity contribution >= 4 is 41.5 Å². The first kappa shape index (κ1) is 24.9. The summed E-state index contributed by atoms with van der Waals surface area (Å²) in [6.07, 6.45) is 0.892. The largest absolute Gasteiger partial charge is 0.485 e. The summed E-state index contributed by atoms with van der Waals surface area (Å²) in [6, 6.07) is 14.3. The number of rotatable bonds is 8. The molecular weight excluding hydrogens is 510 g/mol. The fourth-order valence-electron chi connectivity index (χ4n) is 3.41. The second-order valence-electron chi connectivity index (χ2n) is 7.22. The van der Waals surface area contributed by atoms with Gasteiger partial charge in [0.05, 0.1) is 6.54 Å². The summed E-state index contributed by atoms with van der Waals surface area (Å²) in [5.41, 5.74) is 1.99. The Bertz CT molecular complexity index is 893. The van der Waals surface area contributed by atoms with Crippen LogP contribution in [0.1, 0.15) is 38.2 Å². The lowest BCUT2D eigenvalue weighted by atomic mass is 9.90. The summed E-state index contributed by atoms with van der Waals surface area (Å²) in [5, 5.41) is 9.47. The van der Waals surface area contributed by atoms with E-state index in [0.29, 0.717) is 38.4 Å². The molecule has 3 rings (SSSR count). The fraction of sp³-hybridized carbons (Fsp3) is 0.391. The summed E-state index contributed by atoms with van der Waals surface area (Å²) in [7, 11) is 0. The Balaban J connectivity index is 0.00000341. The molecule has 0 radical (unpaired) electrons. The molecule has 0 saturated heterocycles. The zero-order valence-corrected chi connectivity index (χ0v) is 20.2. The van der Waals surface area contributed by atoms with Gasteiger partial charge in [0, 0.05) is 31.1 Å². The van der Waals surface area contributed by atoms with Crippen LogP contribution in [0.5, 0.6) is 5.75 Å². The molecule has 0 aliphatic carbocycles. The highest BCUT2D eigenvalue weighted by Gasteiger charge is 2.24. The average Bonchev–Trinajstić information content (AvgIpc) is 2.75. The van der Waals surface area contributed by atoms with Crippen molar-refractivity contribution in [1.29, 1.82) is 0 Å². The van der Waals surface area contributed by atoms with Crippen LogP contribution < -0.4 is 20.7 Å².